The van der Waals surface area contributed by atoms with Crippen molar-refractivity contribution in [3.8, 4) is 0 Å². The number of nitrogens with zero attached hydrogens (tertiary/aromatic N) is 2. The summed E-state index contributed by atoms with van der Waals surface area (Å²) < 4.78 is 0. The van der Waals surface area contributed by atoms with Crippen molar-refractivity contribution in [1.29, 1.82) is 0 Å². The van der Waals surface area contributed by atoms with Crippen LogP contribution >= 0.6 is 0 Å². The van der Waals surface area contributed by atoms with Crippen molar-refractivity contribution in [1.82, 2.24) is 9.80 Å². The molecule has 2 amide bonds. The number of amides is 2. The number of hydrogen-bond donors (Lipinski definition) is 0. The SMILES string of the molecule is CN1C(=O)CC[C@H]1C(=O)[O-].CN1C(=O)CC[C@H]1C(=O)[O-].[Rh+2]. The van der Waals surface area contributed by atoms with Gasteiger partial charge in [0, 0.05) is 26.9 Å². The fourth-order valence-electron chi connectivity index (χ4n) is 2.16. The third kappa shape index (κ3) is 4.77. The van der Waals surface area contributed by atoms with Gasteiger partial charge in [-0.25, -0.2) is 0 Å². The van der Waals surface area contributed by atoms with Gasteiger partial charge in [0.2, 0.25) is 11.8 Å². The molecule has 0 bridgehead atoms. The van der Waals surface area contributed by atoms with Gasteiger partial charge in [-0.3, -0.25) is 9.59 Å². The Balaban J connectivity index is 0.000000364. The molecule has 1 radical (unpaired) electrons. The molecule has 9 heteroatoms. The topological polar surface area (TPSA) is 121 Å². The van der Waals surface area contributed by atoms with Crippen LogP contribution in [-0.4, -0.2) is 59.7 Å². The molecule has 8 nitrogen and oxygen atoms in total. The average Bonchev–Trinajstić information content (AvgIpc) is 2.86. The first-order valence-corrected chi connectivity index (χ1v) is 6.18. The fraction of sp³-hybridized carbons (Fsp3) is 0.667. The van der Waals surface area contributed by atoms with E-state index in [0.717, 1.165) is 0 Å². The molecule has 0 spiro atoms. The predicted molar refractivity (Wildman–Crippen MR) is 61.6 cm³/mol. The van der Waals surface area contributed by atoms with Gasteiger partial charge >= 0.3 is 19.5 Å². The number of carboxylic acid groups (broad SMARTS) is 2. The van der Waals surface area contributed by atoms with Gasteiger partial charge in [-0.2, -0.15) is 0 Å². The summed E-state index contributed by atoms with van der Waals surface area (Å²) in [5.74, 6) is -2.55. The van der Waals surface area contributed by atoms with Crippen LogP contribution < -0.4 is 10.2 Å². The number of carboxylic acids is 2. The minimum absolute atomic E-state index is 0. The molecule has 2 rings (SSSR count). The Kier molecular flexibility index (Phi) is 7.50. The molecule has 0 N–H and O–H groups in total. The number of carbonyl (C=O) groups is 4. The van der Waals surface area contributed by atoms with Gasteiger partial charge in [-0.15, -0.1) is 0 Å². The third-order valence-electron chi connectivity index (χ3n) is 3.53. The Morgan fingerprint density at radius 2 is 1.19 bits per heavy atom. The minimum atomic E-state index is -1.16. The molecule has 0 aliphatic carbocycles. The zero-order valence-corrected chi connectivity index (χ0v) is 13.3. The van der Waals surface area contributed by atoms with Crippen LogP contribution in [0.25, 0.3) is 0 Å². The van der Waals surface area contributed by atoms with Gasteiger partial charge < -0.3 is 29.6 Å². The van der Waals surface area contributed by atoms with E-state index in [1.54, 1.807) is 0 Å². The van der Waals surface area contributed by atoms with Crippen molar-refractivity contribution >= 4 is 23.8 Å². The number of carbonyl (C=O) groups excluding carboxylic acids is 4. The van der Waals surface area contributed by atoms with Crippen LogP contribution in [0.1, 0.15) is 25.7 Å². The average molecular weight is 387 g/mol. The normalized spacial score (nSPS) is 24.3. The smallest absolute Gasteiger partial charge is 0.548 e. The van der Waals surface area contributed by atoms with Crippen LogP contribution in [0.3, 0.4) is 0 Å². The first-order chi connectivity index (χ1) is 9.25. The van der Waals surface area contributed by atoms with Crippen LogP contribution in [-0.2, 0) is 38.7 Å². The number of aliphatic carboxylic acids is 2. The summed E-state index contributed by atoms with van der Waals surface area (Å²) in [6, 6.07) is -1.40. The minimum Gasteiger partial charge on any atom is -0.548 e. The van der Waals surface area contributed by atoms with Crippen LogP contribution in [0.5, 0.6) is 0 Å². The molecule has 2 aliphatic rings. The van der Waals surface area contributed by atoms with Crippen molar-refractivity contribution in [2.45, 2.75) is 37.8 Å². The maximum Gasteiger partial charge on any atom is 2.00 e. The molecule has 2 fully saturated rings. The zero-order chi connectivity index (χ0) is 15.4. The number of likely N-dealkylation sites (tertiary alicyclic amines) is 2. The Labute approximate surface area is 134 Å². The monoisotopic (exact) mass is 387 g/mol. The molecular weight excluding hydrogens is 371 g/mol. The molecule has 2 aliphatic heterocycles. The molecular formula is C12H16N2O6Rh. The van der Waals surface area contributed by atoms with Crippen LogP contribution in [0.15, 0.2) is 0 Å². The molecule has 2 saturated heterocycles. The summed E-state index contributed by atoms with van der Waals surface area (Å²) >= 11 is 0. The van der Waals surface area contributed by atoms with Gasteiger partial charge in [0.1, 0.15) is 0 Å². The van der Waals surface area contributed by atoms with Crippen molar-refractivity contribution in [3.05, 3.63) is 0 Å². The zero-order valence-electron chi connectivity index (χ0n) is 11.7. The third-order valence-corrected chi connectivity index (χ3v) is 3.53. The second-order valence-corrected chi connectivity index (χ2v) is 4.76. The number of rotatable bonds is 2. The summed E-state index contributed by atoms with van der Waals surface area (Å²) in [5.41, 5.74) is 0. The molecule has 0 saturated carbocycles. The summed E-state index contributed by atoms with van der Waals surface area (Å²) in [6.45, 7) is 0. The van der Waals surface area contributed by atoms with Crippen LogP contribution in [0, 0.1) is 0 Å². The second-order valence-electron chi connectivity index (χ2n) is 4.76. The van der Waals surface area contributed by atoms with Crippen molar-refractivity contribution in [3.63, 3.8) is 0 Å². The van der Waals surface area contributed by atoms with Crippen molar-refractivity contribution in [2.24, 2.45) is 0 Å². The molecule has 21 heavy (non-hydrogen) atoms. The van der Waals surface area contributed by atoms with E-state index in [1.807, 2.05) is 0 Å². The predicted octanol–water partition coefficient (Wildman–Crippen LogP) is -3.29. The second kappa shape index (κ2) is 8.07. The van der Waals surface area contributed by atoms with E-state index < -0.39 is 24.0 Å². The van der Waals surface area contributed by atoms with Gasteiger partial charge in [0.25, 0.3) is 0 Å². The first kappa shape index (κ1) is 19.5. The molecule has 0 aromatic carbocycles. The summed E-state index contributed by atoms with van der Waals surface area (Å²) in [5, 5.41) is 20.5. The molecule has 119 valence electrons. The Morgan fingerprint density at radius 1 is 0.905 bits per heavy atom. The quantitative estimate of drug-likeness (QED) is 0.458. The Morgan fingerprint density at radius 3 is 1.29 bits per heavy atom. The van der Waals surface area contributed by atoms with E-state index in [1.165, 1.54) is 23.9 Å². The maximum absolute atomic E-state index is 10.7. The molecule has 0 aromatic heterocycles. The van der Waals surface area contributed by atoms with E-state index in [4.69, 9.17) is 0 Å². The van der Waals surface area contributed by atoms with E-state index in [-0.39, 0.29) is 31.3 Å². The van der Waals surface area contributed by atoms with Crippen LogP contribution in [0.4, 0.5) is 0 Å². The van der Waals surface area contributed by atoms with Crippen LogP contribution in [0.2, 0.25) is 0 Å². The maximum atomic E-state index is 10.7. The molecule has 2 atom stereocenters. The molecule has 0 unspecified atom stereocenters. The van der Waals surface area contributed by atoms with E-state index in [2.05, 4.69) is 0 Å². The Hall–Kier alpha value is -1.50. The standard InChI is InChI=1S/2C6H9NO3.Rh/c2*1-7-4(6(9)10)2-3-5(7)8;/h2*4H,2-3H2,1H3,(H,9,10);/q;;+2/p-2/t2*4-;/m00./s1. The fourth-order valence-corrected chi connectivity index (χ4v) is 2.16. The van der Waals surface area contributed by atoms with Crippen molar-refractivity contribution in [2.75, 3.05) is 14.1 Å². The van der Waals surface area contributed by atoms with Gasteiger partial charge in [-0.05, 0) is 12.8 Å². The summed E-state index contributed by atoms with van der Waals surface area (Å²) in [4.78, 5) is 44.4. The van der Waals surface area contributed by atoms with E-state index in [9.17, 15) is 29.4 Å². The van der Waals surface area contributed by atoms with Gasteiger partial charge in [-0.1, -0.05) is 0 Å². The summed E-state index contributed by atoms with van der Waals surface area (Å²) in [7, 11) is 2.96. The molecule has 2 heterocycles. The van der Waals surface area contributed by atoms with Gasteiger partial charge in [0.15, 0.2) is 0 Å². The van der Waals surface area contributed by atoms with E-state index in [0.29, 0.717) is 25.7 Å². The Bertz CT molecular complexity index is 401. The largest absolute Gasteiger partial charge is 2.00 e. The summed E-state index contributed by atoms with van der Waals surface area (Å²) in [6.07, 6.45) is 1.43. The van der Waals surface area contributed by atoms with Crippen molar-refractivity contribution < 1.29 is 48.9 Å². The first-order valence-electron chi connectivity index (χ1n) is 6.18. The van der Waals surface area contributed by atoms with Gasteiger partial charge in [0.05, 0.1) is 24.0 Å². The molecule has 0 aromatic rings. The number of likely N-dealkylation sites (N-methyl/N-ethyl adjacent to an activating group) is 2. The van der Waals surface area contributed by atoms with E-state index >= 15 is 0 Å². The number of hydrogen-bond acceptors (Lipinski definition) is 6.